The normalized spacial score (nSPS) is 11.5. The molecule has 0 amide bonds. The molecule has 0 bridgehead atoms. The van der Waals surface area contributed by atoms with Crippen LogP contribution in [0.25, 0.3) is 11.9 Å². The zero-order chi connectivity index (χ0) is 13.8. The molecule has 0 spiro atoms. The van der Waals surface area contributed by atoms with Crippen molar-refractivity contribution in [3.8, 4) is 5.75 Å². The predicted molar refractivity (Wildman–Crippen MR) is 77.9 cm³/mol. The standard InChI is InChI=1S/C17H17FO/c1-12-4-9-16(13(2)10-12)17(18)11-14-5-7-15(19-3)8-6-14/h4-11H,1-3H3/b17-11+. The fourth-order valence-corrected chi connectivity index (χ4v) is 2.01. The maximum Gasteiger partial charge on any atom is 0.131 e. The molecule has 0 aliphatic heterocycles. The number of benzene rings is 2. The van der Waals surface area contributed by atoms with Gasteiger partial charge < -0.3 is 4.74 Å². The topological polar surface area (TPSA) is 9.23 Å². The number of ether oxygens (including phenoxy) is 1. The van der Waals surface area contributed by atoms with Crippen LogP contribution in [0.4, 0.5) is 4.39 Å². The minimum Gasteiger partial charge on any atom is -0.497 e. The van der Waals surface area contributed by atoms with E-state index in [1.807, 2.05) is 56.3 Å². The molecule has 0 unspecified atom stereocenters. The summed E-state index contributed by atoms with van der Waals surface area (Å²) in [4.78, 5) is 0. The Kier molecular flexibility index (Phi) is 4.00. The lowest BCUT2D eigenvalue weighted by atomic mass is 10.0. The fraction of sp³-hybridized carbons (Fsp3) is 0.176. The quantitative estimate of drug-likeness (QED) is 0.718. The van der Waals surface area contributed by atoms with Crippen LogP contribution in [-0.2, 0) is 0 Å². The van der Waals surface area contributed by atoms with Crippen LogP contribution in [0.2, 0.25) is 0 Å². The van der Waals surface area contributed by atoms with E-state index >= 15 is 0 Å². The number of methoxy groups -OCH3 is 1. The molecule has 19 heavy (non-hydrogen) atoms. The molecule has 0 saturated carbocycles. The molecule has 2 heteroatoms. The number of hydrogen-bond donors (Lipinski definition) is 0. The van der Waals surface area contributed by atoms with Gasteiger partial charge in [-0.15, -0.1) is 0 Å². The lowest BCUT2D eigenvalue weighted by Crippen LogP contribution is -1.86. The fourth-order valence-electron chi connectivity index (χ4n) is 2.01. The van der Waals surface area contributed by atoms with Gasteiger partial charge in [-0.1, -0.05) is 35.9 Å². The van der Waals surface area contributed by atoms with Crippen molar-refractivity contribution in [3.05, 3.63) is 64.7 Å². The second-order valence-corrected chi connectivity index (χ2v) is 4.58. The predicted octanol–water partition coefficient (Wildman–Crippen LogP) is 4.78. The van der Waals surface area contributed by atoms with Crippen LogP contribution in [0, 0.1) is 13.8 Å². The summed E-state index contributed by atoms with van der Waals surface area (Å²) in [5, 5.41) is 0. The van der Waals surface area contributed by atoms with Gasteiger partial charge in [0, 0.05) is 5.56 Å². The zero-order valence-electron chi connectivity index (χ0n) is 11.4. The smallest absolute Gasteiger partial charge is 0.131 e. The molecule has 0 N–H and O–H groups in total. The van der Waals surface area contributed by atoms with Crippen molar-refractivity contribution in [1.82, 2.24) is 0 Å². The largest absolute Gasteiger partial charge is 0.497 e. The first-order chi connectivity index (χ1) is 9.10. The monoisotopic (exact) mass is 256 g/mol. The maximum atomic E-state index is 14.2. The molecule has 0 aliphatic carbocycles. The van der Waals surface area contributed by atoms with Gasteiger partial charge in [0.1, 0.15) is 11.6 Å². The molecule has 0 aliphatic rings. The van der Waals surface area contributed by atoms with Crippen molar-refractivity contribution < 1.29 is 9.13 Å². The van der Waals surface area contributed by atoms with Crippen molar-refractivity contribution in [3.63, 3.8) is 0 Å². The summed E-state index contributed by atoms with van der Waals surface area (Å²) in [6, 6.07) is 13.0. The third kappa shape index (κ3) is 3.22. The summed E-state index contributed by atoms with van der Waals surface area (Å²) in [5.74, 6) is 0.548. The van der Waals surface area contributed by atoms with E-state index in [1.54, 1.807) is 7.11 Å². The average Bonchev–Trinajstić information content (AvgIpc) is 2.39. The lowest BCUT2D eigenvalue weighted by molar-refractivity contribution is 0.415. The Bertz CT molecular complexity index is 597. The van der Waals surface area contributed by atoms with E-state index in [9.17, 15) is 4.39 Å². The highest BCUT2D eigenvalue weighted by atomic mass is 19.1. The first-order valence-electron chi connectivity index (χ1n) is 6.19. The van der Waals surface area contributed by atoms with Crippen LogP contribution in [0.3, 0.4) is 0 Å². The van der Waals surface area contributed by atoms with Crippen molar-refractivity contribution in [2.45, 2.75) is 13.8 Å². The third-order valence-corrected chi connectivity index (χ3v) is 3.05. The van der Waals surface area contributed by atoms with Crippen LogP contribution in [0.1, 0.15) is 22.3 Å². The average molecular weight is 256 g/mol. The van der Waals surface area contributed by atoms with Crippen LogP contribution in [0.15, 0.2) is 42.5 Å². The molecule has 2 aromatic carbocycles. The molecule has 2 aromatic rings. The Morgan fingerprint density at radius 1 is 1.05 bits per heavy atom. The van der Waals surface area contributed by atoms with Crippen molar-refractivity contribution in [1.29, 1.82) is 0 Å². The minimum atomic E-state index is -0.220. The molecular weight excluding hydrogens is 239 g/mol. The third-order valence-electron chi connectivity index (χ3n) is 3.05. The van der Waals surface area contributed by atoms with Gasteiger partial charge in [-0.05, 0) is 43.2 Å². The van der Waals surface area contributed by atoms with Crippen LogP contribution < -0.4 is 4.74 Å². The highest BCUT2D eigenvalue weighted by Crippen LogP contribution is 2.24. The molecule has 0 radical (unpaired) electrons. The summed E-state index contributed by atoms with van der Waals surface area (Å²) < 4.78 is 19.3. The Balaban J connectivity index is 2.31. The molecule has 0 heterocycles. The van der Waals surface area contributed by atoms with E-state index < -0.39 is 0 Å². The summed E-state index contributed by atoms with van der Waals surface area (Å²) >= 11 is 0. The highest BCUT2D eigenvalue weighted by Gasteiger charge is 2.04. The van der Waals surface area contributed by atoms with Crippen LogP contribution >= 0.6 is 0 Å². The summed E-state index contributed by atoms with van der Waals surface area (Å²) in [7, 11) is 1.61. The summed E-state index contributed by atoms with van der Waals surface area (Å²) in [6.07, 6.45) is 1.54. The molecule has 1 nitrogen and oxygen atoms in total. The Hall–Kier alpha value is -2.09. The van der Waals surface area contributed by atoms with E-state index in [-0.39, 0.29) is 5.83 Å². The minimum absolute atomic E-state index is 0.220. The van der Waals surface area contributed by atoms with Gasteiger partial charge in [0.15, 0.2) is 0 Å². The molecule has 0 aromatic heterocycles. The Morgan fingerprint density at radius 2 is 1.74 bits per heavy atom. The van der Waals surface area contributed by atoms with Gasteiger partial charge in [0.25, 0.3) is 0 Å². The molecule has 0 atom stereocenters. The van der Waals surface area contributed by atoms with Gasteiger partial charge in [0.2, 0.25) is 0 Å². The van der Waals surface area contributed by atoms with E-state index in [4.69, 9.17) is 4.74 Å². The van der Waals surface area contributed by atoms with Crippen molar-refractivity contribution in [2.75, 3.05) is 7.11 Å². The first-order valence-corrected chi connectivity index (χ1v) is 6.19. The van der Waals surface area contributed by atoms with Gasteiger partial charge in [0.05, 0.1) is 7.11 Å². The maximum absolute atomic E-state index is 14.2. The SMILES string of the molecule is COc1ccc(/C=C(/F)c2ccc(C)cc2C)cc1. The lowest BCUT2D eigenvalue weighted by Gasteiger charge is -2.05. The number of aryl methyl sites for hydroxylation is 2. The molecule has 2 rings (SSSR count). The van der Waals surface area contributed by atoms with Gasteiger partial charge >= 0.3 is 0 Å². The van der Waals surface area contributed by atoms with Crippen molar-refractivity contribution >= 4 is 11.9 Å². The van der Waals surface area contributed by atoms with Gasteiger partial charge in [-0.3, -0.25) is 0 Å². The van der Waals surface area contributed by atoms with Gasteiger partial charge in [-0.25, -0.2) is 4.39 Å². The highest BCUT2D eigenvalue weighted by molar-refractivity contribution is 5.78. The van der Waals surface area contributed by atoms with Crippen LogP contribution in [-0.4, -0.2) is 7.11 Å². The van der Waals surface area contributed by atoms with Crippen LogP contribution in [0.5, 0.6) is 5.75 Å². The van der Waals surface area contributed by atoms with E-state index in [1.165, 1.54) is 6.08 Å². The summed E-state index contributed by atoms with van der Waals surface area (Å²) in [5.41, 5.74) is 3.54. The second kappa shape index (κ2) is 5.70. The van der Waals surface area contributed by atoms with Gasteiger partial charge in [-0.2, -0.15) is 0 Å². The first kappa shape index (κ1) is 13.3. The second-order valence-electron chi connectivity index (χ2n) is 4.58. The summed E-state index contributed by atoms with van der Waals surface area (Å²) in [6.45, 7) is 3.92. The molecule has 98 valence electrons. The molecule has 0 fully saturated rings. The van der Waals surface area contributed by atoms with E-state index in [2.05, 4.69) is 0 Å². The van der Waals surface area contributed by atoms with E-state index in [0.29, 0.717) is 5.56 Å². The zero-order valence-corrected chi connectivity index (χ0v) is 11.4. The van der Waals surface area contributed by atoms with E-state index in [0.717, 1.165) is 22.4 Å². The molecule has 0 saturated heterocycles. The van der Waals surface area contributed by atoms with Crippen molar-refractivity contribution in [2.24, 2.45) is 0 Å². The Labute approximate surface area is 113 Å². The Morgan fingerprint density at radius 3 is 2.32 bits per heavy atom. The number of hydrogen-bond acceptors (Lipinski definition) is 1. The molecular formula is C17H17FO. The number of halogens is 1. The number of rotatable bonds is 3.